The van der Waals surface area contributed by atoms with Crippen molar-refractivity contribution in [2.75, 3.05) is 39.9 Å². The van der Waals surface area contributed by atoms with Gasteiger partial charge in [0.05, 0.1) is 0 Å². The van der Waals surface area contributed by atoms with E-state index >= 15 is 0 Å². The molecule has 1 unspecified atom stereocenters. The van der Waals surface area contributed by atoms with Crippen molar-refractivity contribution in [2.24, 2.45) is 0 Å². The number of hydrogen-bond acceptors (Lipinski definition) is 4. The smallest absolute Gasteiger partial charge is 0.0455 e. The molecule has 4 N–H and O–H groups in total. The van der Waals surface area contributed by atoms with E-state index < -0.39 is 0 Å². The quantitative estimate of drug-likeness (QED) is 0.330. The van der Waals surface area contributed by atoms with Crippen molar-refractivity contribution in [1.29, 1.82) is 0 Å². The summed E-state index contributed by atoms with van der Waals surface area (Å²) in [5.74, 6) is 0. The highest BCUT2D eigenvalue weighted by atomic mass is 15.1. The summed E-state index contributed by atoms with van der Waals surface area (Å²) in [6.45, 7) is 5.26. The predicted molar refractivity (Wildman–Crippen MR) is 60.4 cm³/mol. The molecule has 1 atom stereocenters. The molecule has 84 valence electrons. The molecule has 0 radical (unpaired) electrons. The van der Waals surface area contributed by atoms with Gasteiger partial charge in [-0.1, -0.05) is 6.42 Å². The zero-order valence-corrected chi connectivity index (χ0v) is 9.23. The number of piperidine rings is 1. The van der Waals surface area contributed by atoms with Gasteiger partial charge >= 0.3 is 0 Å². The molecule has 1 heterocycles. The van der Waals surface area contributed by atoms with Crippen molar-refractivity contribution >= 4 is 0 Å². The van der Waals surface area contributed by atoms with Gasteiger partial charge < -0.3 is 21.3 Å². The largest absolute Gasteiger partial charge is 0.318 e. The fourth-order valence-corrected chi connectivity index (χ4v) is 1.73. The molecule has 0 aromatic heterocycles. The summed E-state index contributed by atoms with van der Waals surface area (Å²) in [7, 11) is 1.97. The van der Waals surface area contributed by atoms with Crippen molar-refractivity contribution in [3.05, 3.63) is 0 Å². The van der Waals surface area contributed by atoms with Gasteiger partial charge in [-0.25, -0.2) is 0 Å². The number of likely N-dealkylation sites (N-methyl/N-ethyl adjacent to an activating group) is 1. The summed E-state index contributed by atoms with van der Waals surface area (Å²) in [6, 6.07) is 0.690. The van der Waals surface area contributed by atoms with Crippen LogP contribution in [0.4, 0.5) is 0 Å². The summed E-state index contributed by atoms with van der Waals surface area (Å²) in [5.41, 5.74) is 0. The molecule has 4 heteroatoms. The lowest BCUT2D eigenvalue weighted by Gasteiger charge is -2.23. The van der Waals surface area contributed by atoms with E-state index in [1.165, 1.54) is 25.8 Å². The van der Waals surface area contributed by atoms with Crippen LogP contribution in [-0.2, 0) is 0 Å². The van der Waals surface area contributed by atoms with Gasteiger partial charge in [0.15, 0.2) is 0 Å². The molecule has 4 nitrogen and oxygen atoms in total. The minimum Gasteiger partial charge on any atom is -0.318 e. The Balaban J connectivity index is 1.82. The van der Waals surface area contributed by atoms with E-state index in [4.69, 9.17) is 0 Å². The molecule has 0 amide bonds. The van der Waals surface area contributed by atoms with Crippen molar-refractivity contribution < 1.29 is 0 Å². The SMILES string of the molecule is CNCCNCNCC1CCCCN1. The van der Waals surface area contributed by atoms with Crippen LogP contribution in [0.3, 0.4) is 0 Å². The average Bonchev–Trinajstić information content (AvgIpc) is 2.25. The average molecular weight is 200 g/mol. The maximum atomic E-state index is 3.52. The topological polar surface area (TPSA) is 48.1 Å². The Morgan fingerprint density at radius 3 is 2.86 bits per heavy atom. The van der Waals surface area contributed by atoms with Crippen molar-refractivity contribution in [3.8, 4) is 0 Å². The number of nitrogens with one attached hydrogen (secondary N) is 4. The minimum atomic E-state index is 0.690. The van der Waals surface area contributed by atoms with Crippen LogP contribution < -0.4 is 21.3 Å². The fraction of sp³-hybridized carbons (Fsp3) is 1.00. The van der Waals surface area contributed by atoms with Crippen LogP contribution in [0.25, 0.3) is 0 Å². The van der Waals surface area contributed by atoms with E-state index in [0.717, 1.165) is 26.3 Å². The van der Waals surface area contributed by atoms with Crippen molar-refractivity contribution in [2.45, 2.75) is 25.3 Å². The van der Waals surface area contributed by atoms with E-state index in [2.05, 4.69) is 21.3 Å². The molecule has 0 aliphatic carbocycles. The molecule has 0 aromatic rings. The highest BCUT2D eigenvalue weighted by Gasteiger charge is 2.10. The Kier molecular flexibility index (Phi) is 6.95. The van der Waals surface area contributed by atoms with Crippen molar-refractivity contribution in [3.63, 3.8) is 0 Å². The molecule has 1 rings (SSSR count). The molecule has 14 heavy (non-hydrogen) atoms. The number of rotatable bonds is 7. The van der Waals surface area contributed by atoms with Gasteiger partial charge in [-0.2, -0.15) is 0 Å². The second-order valence-corrected chi connectivity index (χ2v) is 3.88. The van der Waals surface area contributed by atoms with Crippen LogP contribution >= 0.6 is 0 Å². The second kappa shape index (κ2) is 8.17. The number of hydrogen-bond donors (Lipinski definition) is 4. The van der Waals surface area contributed by atoms with Gasteiger partial charge in [0.1, 0.15) is 0 Å². The summed E-state index contributed by atoms with van der Waals surface area (Å²) >= 11 is 0. The van der Waals surface area contributed by atoms with E-state index in [-0.39, 0.29) is 0 Å². The molecule has 1 saturated heterocycles. The molecule has 0 aromatic carbocycles. The molecule has 0 spiro atoms. The first-order valence-corrected chi connectivity index (χ1v) is 5.73. The Morgan fingerprint density at radius 1 is 1.21 bits per heavy atom. The fourth-order valence-electron chi connectivity index (χ4n) is 1.73. The maximum absolute atomic E-state index is 3.52. The van der Waals surface area contributed by atoms with Crippen LogP contribution in [0.1, 0.15) is 19.3 Å². The molecule has 0 bridgehead atoms. The lowest BCUT2D eigenvalue weighted by molar-refractivity contribution is 0.379. The lowest BCUT2D eigenvalue weighted by atomic mass is 10.1. The normalized spacial score (nSPS) is 22.5. The monoisotopic (exact) mass is 200 g/mol. The zero-order valence-electron chi connectivity index (χ0n) is 9.23. The summed E-state index contributed by atoms with van der Waals surface area (Å²) in [6.07, 6.45) is 4.05. The van der Waals surface area contributed by atoms with E-state index in [1.807, 2.05) is 7.05 Å². The summed E-state index contributed by atoms with van der Waals surface area (Å²) in [5, 5.41) is 13.4. The van der Waals surface area contributed by atoms with Crippen LogP contribution in [-0.4, -0.2) is 45.9 Å². The third-order valence-electron chi connectivity index (χ3n) is 2.60. The summed E-state index contributed by atoms with van der Waals surface area (Å²) < 4.78 is 0. The third kappa shape index (κ3) is 5.54. The molecular formula is C10H24N4. The lowest BCUT2D eigenvalue weighted by Crippen LogP contribution is -2.44. The van der Waals surface area contributed by atoms with Gasteiger partial charge in [0.25, 0.3) is 0 Å². The maximum Gasteiger partial charge on any atom is 0.0455 e. The predicted octanol–water partition coefficient (Wildman–Crippen LogP) is -0.515. The van der Waals surface area contributed by atoms with Gasteiger partial charge in [0.2, 0.25) is 0 Å². The van der Waals surface area contributed by atoms with Gasteiger partial charge in [-0.3, -0.25) is 0 Å². The first-order valence-electron chi connectivity index (χ1n) is 5.73. The van der Waals surface area contributed by atoms with E-state index in [9.17, 15) is 0 Å². The van der Waals surface area contributed by atoms with Crippen LogP contribution in [0.15, 0.2) is 0 Å². The van der Waals surface area contributed by atoms with Gasteiger partial charge in [-0.05, 0) is 26.4 Å². The Bertz CT molecular complexity index is 123. The zero-order chi connectivity index (χ0) is 10.1. The highest BCUT2D eigenvalue weighted by Crippen LogP contribution is 2.05. The molecular weight excluding hydrogens is 176 g/mol. The van der Waals surface area contributed by atoms with E-state index in [0.29, 0.717) is 6.04 Å². The van der Waals surface area contributed by atoms with Crippen LogP contribution in [0.5, 0.6) is 0 Å². The van der Waals surface area contributed by atoms with E-state index in [1.54, 1.807) is 0 Å². The van der Waals surface area contributed by atoms with Gasteiger partial charge in [0, 0.05) is 32.3 Å². The van der Waals surface area contributed by atoms with Crippen molar-refractivity contribution in [1.82, 2.24) is 21.3 Å². The van der Waals surface area contributed by atoms with Gasteiger partial charge in [-0.15, -0.1) is 0 Å². The standard InChI is InChI=1S/C10H24N4/c1-11-6-7-12-9-13-8-10-4-2-3-5-14-10/h10-14H,2-9H2,1H3. The summed E-state index contributed by atoms with van der Waals surface area (Å²) in [4.78, 5) is 0. The molecule has 1 aliphatic rings. The first-order chi connectivity index (χ1) is 6.93. The molecule has 1 fully saturated rings. The third-order valence-corrected chi connectivity index (χ3v) is 2.60. The van der Waals surface area contributed by atoms with Crippen LogP contribution in [0, 0.1) is 0 Å². The Morgan fingerprint density at radius 2 is 2.14 bits per heavy atom. The molecule has 1 aliphatic heterocycles. The second-order valence-electron chi connectivity index (χ2n) is 3.88. The minimum absolute atomic E-state index is 0.690. The van der Waals surface area contributed by atoms with Crippen LogP contribution in [0.2, 0.25) is 0 Å². The first kappa shape index (κ1) is 11.9. The Labute approximate surface area is 87.2 Å². The highest BCUT2D eigenvalue weighted by molar-refractivity contribution is 4.73. The Hall–Kier alpha value is -0.160. The molecule has 0 saturated carbocycles.